The lowest BCUT2D eigenvalue weighted by Gasteiger charge is -2.15. The molecule has 0 aromatic carbocycles. The molecule has 3 heterocycles. The predicted molar refractivity (Wildman–Crippen MR) is 104 cm³/mol. The van der Waals surface area contributed by atoms with E-state index in [0.717, 1.165) is 0 Å². The number of methoxy groups -OCH3 is 2. The fraction of sp³-hybridized carbons (Fsp3) is 0.263. The average Bonchev–Trinajstić information content (AvgIpc) is 3.02. The molecule has 2 aromatic heterocycles. The number of rotatable bonds is 5. The third-order valence-electron chi connectivity index (χ3n) is 4.21. The minimum Gasteiger partial charge on any atom is -0.491 e. The molecule has 0 aliphatic carbocycles. The van der Waals surface area contributed by atoms with Crippen LogP contribution in [-0.2, 0) is 6.54 Å². The minimum atomic E-state index is -0.188. The lowest BCUT2D eigenvalue weighted by molar-refractivity contribution is 0.0834. The molecule has 0 N–H and O–H groups in total. The highest BCUT2D eigenvalue weighted by molar-refractivity contribution is 6.34. The molecule has 1 aliphatic heterocycles. The highest BCUT2D eigenvalue weighted by Crippen LogP contribution is 2.35. The summed E-state index contributed by atoms with van der Waals surface area (Å²) in [6.45, 7) is 2.18. The summed E-state index contributed by atoms with van der Waals surface area (Å²) in [5, 5.41) is 0.348. The van der Waals surface area contributed by atoms with Crippen LogP contribution in [0.5, 0.6) is 11.6 Å². The number of hydrogen-bond donors (Lipinski definition) is 0. The van der Waals surface area contributed by atoms with Crippen LogP contribution in [0.3, 0.4) is 0 Å². The van der Waals surface area contributed by atoms with Gasteiger partial charge >= 0.3 is 0 Å². The summed E-state index contributed by atoms with van der Waals surface area (Å²) in [6.07, 6.45) is 5.09. The second-order valence-corrected chi connectivity index (χ2v) is 6.15. The van der Waals surface area contributed by atoms with Crippen LogP contribution in [0.25, 0.3) is 11.3 Å². The molecular weight excluding hydrogens is 368 g/mol. The molecule has 3 rings (SSSR count). The van der Waals surface area contributed by atoms with Crippen molar-refractivity contribution in [1.29, 1.82) is 0 Å². The van der Waals surface area contributed by atoms with Crippen molar-refractivity contribution in [3.05, 3.63) is 46.4 Å². The topological polar surface area (TPSA) is 76.9 Å². The Bertz CT molecular complexity index is 956. The number of pyridine rings is 2. The molecule has 0 bridgehead atoms. The number of amides is 1. The van der Waals surface area contributed by atoms with Crippen LogP contribution in [-0.4, -0.2) is 48.3 Å². The first-order valence-corrected chi connectivity index (χ1v) is 8.60. The smallest absolute Gasteiger partial charge is 0.262 e. The maximum Gasteiger partial charge on any atom is 0.262 e. The highest BCUT2D eigenvalue weighted by Gasteiger charge is 2.33. The maximum absolute atomic E-state index is 12.8. The third kappa shape index (κ3) is 3.38. The minimum absolute atomic E-state index is 0.188. The lowest BCUT2D eigenvalue weighted by Crippen LogP contribution is -2.24. The van der Waals surface area contributed by atoms with Crippen LogP contribution in [0, 0.1) is 0 Å². The fourth-order valence-electron chi connectivity index (χ4n) is 2.92. The van der Waals surface area contributed by atoms with E-state index < -0.39 is 0 Å². The summed E-state index contributed by atoms with van der Waals surface area (Å²) in [6, 6.07) is 3.43. The zero-order chi connectivity index (χ0) is 19.6. The normalized spacial score (nSPS) is 14.0. The molecule has 8 heteroatoms. The van der Waals surface area contributed by atoms with Gasteiger partial charge in [0, 0.05) is 25.0 Å². The first-order chi connectivity index (χ1) is 13.0. The molecule has 0 saturated heterocycles. The van der Waals surface area contributed by atoms with Gasteiger partial charge in [-0.05, 0) is 19.1 Å². The van der Waals surface area contributed by atoms with Crippen molar-refractivity contribution in [3.8, 4) is 22.9 Å². The second-order valence-electron chi connectivity index (χ2n) is 5.74. The number of aromatic nitrogens is 2. The van der Waals surface area contributed by atoms with Gasteiger partial charge in [-0.15, -0.1) is 0 Å². The lowest BCUT2D eigenvalue weighted by atomic mass is 10.1. The molecule has 27 heavy (non-hydrogen) atoms. The Kier molecular flexibility index (Phi) is 5.41. The molecule has 0 atom stereocenters. The van der Waals surface area contributed by atoms with Gasteiger partial charge in [0.15, 0.2) is 5.75 Å². The quantitative estimate of drug-likeness (QED) is 0.736. The van der Waals surface area contributed by atoms with Crippen LogP contribution < -0.4 is 9.47 Å². The Balaban J connectivity index is 2.04. The molecule has 1 aliphatic rings. The zero-order valence-corrected chi connectivity index (χ0v) is 16.2. The van der Waals surface area contributed by atoms with Gasteiger partial charge < -0.3 is 14.4 Å². The van der Waals surface area contributed by atoms with Crippen molar-refractivity contribution < 1.29 is 14.3 Å². The van der Waals surface area contributed by atoms with E-state index in [1.807, 2.05) is 13.0 Å². The van der Waals surface area contributed by atoms with Crippen LogP contribution in [0.15, 0.2) is 35.1 Å². The van der Waals surface area contributed by atoms with E-state index in [1.165, 1.54) is 14.2 Å². The Labute approximate surface area is 162 Å². The standard InChI is InChI=1S/C19H19ClN4O3/c1-5-12(9-21-2)24-10-15-17(19(24)25)13(20)7-14(23-15)11-6-16(26-3)18(27-4)22-8-11/h5-9H,10H2,1-4H3/b12-5+,21-9?. The number of halogens is 1. The summed E-state index contributed by atoms with van der Waals surface area (Å²) in [5.74, 6) is 0.681. The van der Waals surface area contributed by atoms with Gasteiger partial charge in [-0.3, -0.25) is 9.79 Å². The Morgan fingerprint density at radius 2 is 2.11 bits per heavy atom. The predicted octanol–water partition coefficient (Wildman–Crippen LogP) is 3.37. The van der Waals surface area contributed by atoms with Crippen LogP contribution in [0.4, 0.5) is 0 Å². The molecule has 7 nitrogen and oxygen atoms in total. The second kappa shape index (κ2) is 7.75. The van der Waals surface area contributed by atoms with Gasteiger partial charge in [-0.1, -0.05) is 17.7 Å². The molecule has 2 aromatic rings. The van der Waals surface area contributed by atoms with E-state index in [-0.39, 0.29) is 5.91 Å². The molecular formula is C19H19ClN4O3. The first kappa shape index (κ1) is 18.8. The van der Waals surface area contributed by atoms with Crippen LogP contribution >= 0.6 is 11.6 Å². The number of fused-ring (bicyclic) bond motifs is 1. The number of carbonyl (C=O) groups excluding carboxylic acids is 1. The monoisotopic (exact) mass is 386 g/mol. The number of ether oxygens (including phenoxy) is 2. The molecule has 0 radical (unpaired) electrons. The van der Waals surface area contributed by atoms with Crippen molar-refractivity contribution in [3.63, 3.8) is 0 Å². The van der Waals surface area contributed by atoms with Crippen LogP contribution in [0.2, 0.25) is 5.02 Å². The molecule has 0 unspecified atom stereocenters. The van der Waals surface area contributed by atoms with Gasteiger partial charge in [0.05, 0.1) is 48.4 Å². The van der Waals surface area contributed by atoms with Gasteiger partial charge in [-0.2, -0.15) is 0 Å². The molecule has 0 spiro atoms. The fourth-order valence-corrected chi connectivity index (χ4v) is 3.21. The van der Waals surface area contributed by atoms with Gasteiger partial charge in [0.2, 0.25) is 0 Å². The molecule has 0 fully saturated rings. The van der Waals surface area contributed by atoms with Crippen LogP contribution in [0.1, 0.15) is 23.0 Å². The molecule has 0 saturated carbocycles. The van der Waals surface area contributed by atoms with Gasteiger partial charge in [-0.25, -0.2) is 9.97 Å². The number of nitrogens with zero attached hydrogens (tertiary/aromatic N) is 4. The summed E-state index contributed by atoms with van der Waals surface area (Å²) < 4.78 is 10.5. The summed E-state index contributed by atoms with van der Waals surface area (Å²) >= 11 is 6.43. The Morgan fingerprint density at radius 1 is 1.33 bits per heavy atom. The number of allylic oxidation sites excluding steroid dienone is 2. The SMILES string of the molecule is C/C=C(\C=NC)N1Cc2nc(-c3cnc(OC)c(OC)c3)cc(Cl)c2C1=O. The summed E-state index contributed by atoms with van der Waals surface area (Å²) in [4.78, 5) is 27.2. The van der Waals surface area contributed by atoms with Crippen molar-refractivity contribution >= 4 is 23.7 Å². The van der Waals surface area contributed by atoms with E-state index in [4.69, 9.17) is 21.1 Å². The number of aliphatic imine (C=N–C) groups is 1. The zero-order valence-electron chi connectivity index (χ0n) is 15.5. The van der Waals surface area contributed by atoms with Crippen molar-refractivity contribution in [2.45, 2.75) is 13.5 Å². The van der Waals surface area contributed by atoms with Crippen molar-refractivity contribution in [2.24, 2.45) is 4.99 Å². The number of hydrogen-bond acceptors (Lipinski definition) is 6. The van der Waals surface area contributed by atoms with Crippen molar-refractivity contribution in [1.82, 2.24) is 14.9 Å². The molecule has 140 valence electrons. The van der Waals surface area contributed by atoms with E-state index in [0.29, 0.717) is 51.4 Å². The summed E-state index contributed by atoms with van der Waals surface area (Å²) in [5.41, 5.74) is 3.04. The summed E-state index contributed by atoms with van der Waals surface area (Å²) in [7, 11) is 4.72. The van der Waals surface area contributed by atoms with Gasteiger partial charge in [0.1, 0.15) is 0 Å². The van der Waals surface area contributed by atoms with E-state index in [2.05, 4.69) is 15.0 Å². The molecule has 1 amide bonds. The van der Waals surface area contributed by atoms with Crippen molar-refractivity contribution in [2.75, 3.05) is 21.3 Å². The largest absolute Gasteiger partial charge is 0.491 e. The first-order valence-electron chi connectivity index (χ1n) is 8.22. The Hall–Kier alpha value is -2.93. The Morgan fingerprint density at radius 3 is 2.74 bits per heavy atom. The third-order valence-corrected chi connectivity index (χ3v) is 4.51. The maximum atomic E-state index is 12.8. The number of carbonyl (C=O) groups is 1. The van der Waals surface area contributed by atoms with Gasteiger partial charge in [0.25, 0.3) is 11.8 Å². The van der Waals surface area contributed by atoms with E-state index in [9.17, 15) is 4.79 Å². The van der Waals surface area contributed by atoms with E-state index in [1.54, 1.807) is 36.5 Å². The van der Waals surface area contributed by atoms with E-state index >= 15 is 0 Å². The highest BCUT2D eigenvalue weighted by atomic mass is 35.5. The average molecular weight is 387 g/mol.